The highest BCUT2D eigenvalue weighted by Crippen LogP contribution is 2.48. The van der Waals surface area contributed by atoms with Crippen LogP contribution in [0.2, 0.25) is 5.02 Å². The van der Waals surface area contributed by atoms with Crippen molar-refractivity contribution >= 4 is 17.2 Å². The molecule has 0 aromatic heterocycles. The average molecular weight is 369 g/mol. The number of aliphatic hydroxyl groups excluding tert-OH is 2. The van der Waals surface area contributed by atoms with Gasteiger partial charge in [-0.15, -0.1) is 0 Å². The molecule has 2 aliphatic rings. The van der Waals surface area contributed by atoms with Gasteiger partial charge in [-0.3, -0.25) is 0 Å². The van der Waals surface area contributed by atoms with Gasteiger partial charge in [-0.25, -0.2) is 0 Å². The highest BCUT2D eigenvalue weighted by molar-refractivity contribution is 6.30. The Bertz CT molecular complexity index is 884. The van der Waals surface area contributed by atoms with Crippen LogP contribution in [-0.4, -0.2) is 16.3 Å². The van der Waals surface area contributed by atoms with Gasteiger partial charge in [0.15, 0.2) is 0 Å². The van der Waals surface area contributed by atoms with Crippen LogP contribution in [0, 0.1) is 18.8 Å². The molecule has 0 heterocycles. The summed E-state index contributed by atoms with van der Waals surface area (Å²) < 4.78 is 0. The molecule has 2 N–H and O–H groups in total. The van der Waals surface area contributed by atoms with Crippen molar-refractivity contribution in [2.75, 3.05) is 0 Å². The van der Waals surface area contributed by atoms with Crippen molar-refractivity contribution < 1.29 is 10.2 Å². The minimum Gasteiger partial charge on any atom is -0.512 e. The molecule has 0 spiro atoms. The quantitative estimate of drug-likeness (QED) is 0.704. The molecule has 26 heavy (non-hydrogen) atoms. The molecular weight excluding hydrogens is 344 g/mol. The molecule has 0 amide bonds. The molecule has 2 nitrogen and oxygen atoms in total. The number of hydrogen-bond donors (Lipinski definition) is 2. The lowest BCUT2D eigenvalue weighted by Crippen LogP contribution is -2.26. The molecule has 1 saturated carbocycles. The van der Waals surface area contributed by atoms with Gasteiger partial charge in [0, 0.05) is 16.5 Å². The largest absolute Gasteiger partial charge is 0.512 e. The Morgan fingerprint density at radius 1 is 1.08 bits per heavy atom. The fourth-order valence-electron chi connectivity index (χ4n) is 4.71. The van der Waals surface area contributed by atoms with Crippen LogP contribution in [0.5, 0.6) is 0 Å². The normalized spacial score (nSPS) is 25.0. The minimum absolute atomic E-state index is 0.212. The number of benzene rings is 2. The van der Waals surface area contributed by atoms with Crippen LogP contribution in [0.25, 0.3) is 16.7 Å². The van der Waals surface area contributed by atoms with Gasteiger partial charge >= 0.3 is 0 Å². The zero-order chi connectivity index (χ0) is 18.4. The third kappa shape index (κ3) is 2.86. The van der Waals surface area contributed by atoms with Gasteiger partial charge in [0.1, 0.15) is 5.76 Å². The van der Waals surface area contributed by atoms with E-state index in [1.807, 2.05) is 18.2 Å². The van der Waals surface area contributed by atoms with Crippen molar-refractivity contribution in [1.29, 1.82) is 0 Å². The molecule has 0 saturated heterocycles. The van der Waals surface area contributed by atoms with Crippen LogP contribution in [0.4, 0.5) is 0 Å². The average Bonchev–Trinajstić information content (AvgIpc) is 3.07. The van der Waals surface area contributed by atoms with E-state index in [1.165, 1.54) is 5.56 Å². The van der Waals surface area contributed by atoms with E-state index in [9.17, 15) is 10.2 Å². The molecule has 0 radical (unpaired) electrons. The summed E-state index contributed by atoms with van der Waals surface area (Å²) >= 11 is 6.11. The highest BCUT2D eigenvalue weighted by Gasteiger charge is 2.41. The van der Waals surface area contributed by atoms with Crippen LogP contribution in [0.15, 0.2) is 42.2 Å². The van der Waals surface area contributed by atoms with Gasteiger partial charge in [-0.2, -0.15) is 0 Å². The van der Waals surface area contributed by atoms with E-state index in [2.05, 4.69) is 32.0 Å². The van der Waals surface area contributed by atoms with Crippen LogP contribution < -0.4 is 0 Å². The molecule has 4 rings (SSSR count). The zero-order valence-corrected chi connectivity index (χ0v) is 16.1. The van der Waals surface area contributed by atoms with Gasteiger partial charge in [0.05, 0.1) is 6.10 Å². The predicted molar refractivity (Wildman–Crippen MR) is 107 cm³/mol. The fraction of sp³-hybridized carbons (Fsp3) is 0.391. The molecule has 1 unspecified atom stereocenters. The van der Waals surface area contributed by atoms with Crippen molar-refractivity contribution in [2.45, 2.75) is 45.6 Å². The van der Waals surface area contributed by atoms with Gasteiger partial charge < -0.3 is 10.2 Å². The zero-order valence-electron chi connectivity index (χ0n) is 15.3. The summed E-state index contributed by atoms with van der Waals surface area (Å²) in [5, 5.41) is 22.5. The smallest absolute Gasteiger partial charge is 0.102 e. The molecule has 2 aromatic rings. The van der Waals surface area contributed by atoms with Crippen molar-refractivity contribution in [3.05, 3.63) is 63.9 Å². The van der Waals surface area contributed by atoms with Gasteiger partial charge in [-0.05, 0) is 84.5 Å². The summed E-state index contributed by atoms with van der Waals surface area (Å²) in [6.45, 7) is 4.18. The second kappa shape index (κ2) is 6.75. The molecule has 2 bridgehead atoms. The lowest BCUT2D eigenvalue weighted by molar-refractivity contribution is 0.146. The summed E-state index contributed by atoms with van der Waals surface area (Å²) in [5.41, 5.74) is 6.27. The minimum atomic E-state index is -0.569. The molecule has 3 atom stereocenters. The Labute approximate surface area is 160 Å². The second-order valence-electron chi connectivity index (χ2n) is 7.70. The lowest BCUT2D eigenvalue weighted by atomic mass is 9.79. The standard InChI is InChI=1S/C23H25ClO2/c1-3-14-4-5-15(19-9-8-18(24)10-13(19)2)12-20(14)21-22(25)16-6-7-17(11-16)23(21)26/h4-5,8-10,12,16-17,22,25-26H,3,6-7,11H2,1-2H3/t16-,17+,22?/m1/s1. The van der Waals surface area contributed by atoms with Crippen LogP contribution in [-0.2, 0) is 6.42 Å². The maximum atomic E-state index is 10.9. The van der Waals surface area contributed by atoms with E-state index in [-0.39, 0.29) is 11.8 Å². The van der Waals surface area contributed by atoms with Crippen molar-refractivity contribution in [3.63, 3.8) is 0 Å². The monoisotopic (exact) mass is 368 g/mol. The molecule has 136 valence electrons. The Morgan fingerprint density at radius 2 is 1.88 bits per heavy atom. The first-order valence-electron chi connectivity index (χ1n) is 9.50. The topological polar surface area (TPSA) is 40.5 Å². The number of aliphatic hydroxyl groups is 2. The molecular formula is C23H25ClO2. The first kappa shape index (κ1) is 17.6. The Hall–Kier alpha value is -1.77. The number of allylic oxidation sites excluding steroid dienone is 1. The number of aryl methyl sites for hydroxylation is 2. The molecule has 2 aliphatic carbocycles. The SMILES string of the molecule is CCc1ccc(-c2ccc(Cl)cc2C)cc1C1=C(O)[C@H]2CC[C@H](C2)C1O. The Morgan fingerprint density at radius 3 is 2.62 bits per heavy atom. The third-order valence-electron chi connectivity index (χ3n) is 6.16. The predicted octanol–water partition coefficient (Wildman–Crippen LogP) is 5.94. The number of rotatable bonds is 3. The first-order valence-corrected chi connectivity index (χ1v) is 9.88. The summed E-state index contributed by atoms with van der Waals surface area (Å²) in [7, 11) is 0. The van der Waals surface area contributed by atoms with Gasteiger partial charge in [-0.1, -0.05) is 36.7 Å². The summed E-state index contributed by atoms with van der Waals surface area (Å²) in [5.74, 6) is 0.895. The van der Waals surface area contributed by atoms with Gasteiger partial charge in [0.25, 0.3) is 0 Å². The molecule has 0 aliphatic heterocycles. The summed E-state index contributed by atoms with van der Waals surface area (Å²) in [4.78, 5) is 0. The number of halogens is 1. The van der Waals surface area contributed by atoms with E-state index in [1.54, 1.807) is 0 Å². The second-order valence-corrected chi connectivity index (χ2v) is 8.13. The number of hydrogen-bond acceptors (Lipinski definition) is 2. The maximum Gasteiger partial charge on any atom is 0.102 e. The fourth-order valence-corrected chi connectivity index (χ4v) is 4.94. The summed E-state index contributed by atoms with van der Waals surface area (Å²) in [6, 6.07) is 12.3. The van der Waals surface area contributed by atoms with E-state index >= 15 is 0 Å². The third-order valence-corrected chi connectivity index (χ3v) is 6.39. The Balaban J connectivity index is 1.87. The summed E-state index contributed by atoms with van der Waals surface area (Å²) in [6.07, 6.45) is 3.19. The van der Waals surface area contributed by atoms with E-state index < -0.39 is 6.10 Å². The molecule has 3 heteroatoms. The van der Waals surface area contributed by atoms with Crippen LogP contribution >= 0.6 is 11.6 Å². The Kier molecular flexibility index (Phi) is 4.58. The lowest BCUT2D eigenvalue weighted by Gasteiger charge is -2.29. The van der Waals surface area contributed by atoms with E-state index in [0.29, 0.717) is 5.76 Å². The van der Waals surface area contributed by atoms with E-state index in [0.717, 1.165) is 58.5 Å². The van der Waals surface area contributed by atoms with Gasteiger partial charge in [0.2, 0.25) is 0 Å². The van der Waals surface area contributed by atoms with Crippen molar-refractivity contribution in [2.24, 2.45) is 11.8 Å². The van der Waals surface area contributed by atoms with E-state index in [4.69, 9.17) is 11.6 Å². The van der Waals surface area contributed by atoms with Crippen LogP contribution in [0.3, 0.4) is 0 Å². The highest BCUT2D eigenvalue weighted by atomic mass is 35.5. The molecule has 1 fully saturated rings. The molecule has 2 aromatic carbocycles. The van der Waals surface area contributed by atoms with Crippen molar-refractivity contribution in [3.8, 4) is 11.1 Å². The number of fused-ring (bicyclic) bond motifs is 2. The first-order chi connectivity index (χ1) is 12.5. The maximum absolute atomic E-state index is 10.9. The van der Waals surface area contributed by atoms with Crippen LogP contribution in [0.1, 0.15) is 42.9 Å². The van der Waals surface area contributed by atoms with Crippen molar-refractivity contribution in [1.82, 2.24) is 0 Å².